The first-order valence-electron chi connectivity index (χ1n) is 10.3. The fourth-order valence-electron chi connectivity index (χ4n) is 3.49. The van der Waals surface area contributed by atoms with Crippen LogP contribution in [0.5, 0.6) is 0 Å². The highest BCUT2D eigenvalue weighted by Gasteiger charge is 2.18. The summed E-state index contributed by atoms with van der Waals surface area (Å²) in [6.07, 6.45) is 3.50. The van der Waals surface area contributed by atoms with Gasteiger partial charge in [0.1, 0.15) is 5.56 Å². The lowest BCUT2D eigenvalue weighted by Crippen LogP contribution is -2.36. The van der Waals surface area contributed by atoms with E-state index in [0.29, 0.717) is 30.1 Å². The molecule has 0 saturated carbocycles. The van der Waals surface area contributed by atoms with E-state index in [-0.39, 0.29) is 17.6 Å². The molecule has 0 radical (unpaired) electrons. The van der Waals surface area contributed by atoms with Gasteiger partial charge in [-0.2, -0.15) is 0 Å². The number of halogens is 1. The lowest BCUT2D eigenvalue weighted by molar-refractivity contribution is 0.0856. The SMILES string of the molecule is O=C(Nc1ccc(-n2cccc(C(=O)NC[C@@H]3CCCO3)c2=O)cc1)c1ccc(Br)cc1. The van der Waals surface area contributed by atoms with Gasteiger partial charge < -0.3 is 15.4 Å². The molecule has 0 spiro atoms. The van der Waals surface area contributed by atoms with E-state index in [2.05, 4.69) is 26.6 Å². The zero-order valence-corrected chi connectivity index (χ0v) is 18.8. The Bertz CT molecular complexity index is 1170. The third-order valence-corrected chi connectivity index (χ3v) is 5.74. The number of pyridine rings is 1. The van der Waals surface area contributed by atoms with E-state index in [0.717, 1.165) is 17.3 Å². The molecule has 1 aromatic heterocycles. The molecule has 3 aromatic rings. The van der Waals surface area contributed by atoms with Crippen LogP contribution in [0.3, 0.4) is 0 Å². The second-order valence-corrected chi connectivity index (χ2v) is 8.37. The Morgan fingerprint density at radius 1 is 1.03 bits per heavy atom. The molecule has 1 atom stereocenters. The number of hydrogen-bond donors (Lipinski definition) is 2. The number of nitrogens with one attached hydrogen (secondary N) is 2. The normalized spacial score (nSPS) is 15.3. The number of amides is 2. The molecule has 1 aliphatic rings. The number of benzene rings is 2. The first-order chi connectivity index (χ1) is 15.5. The van der Waals surface area contributed by atoms with Gasteiger partial charge in [0.25, 0.3) is 17.4 Å². The Balaban J connectivity index is 1.46. The van der Waals surface area contributed by atoms with Crippen LogP contribution in [-0.2, 0) is 4.74 Å². The van der Waals surface area contributed by atoms with Crippen molar-refractivity contribution in [1.82, 2.24) is 9.88 Å². The number of carbonyl (C=O) groups is 2. The molecular formula is C24H22BrN3O4. The van der Waals surface area contributed by atoms with Crippen molar-refractivity contribution >= 4 is 33.4 Å². The average Bonchev–Trinajstić information content (AvgIpc) is 3.32. The second-order valence-electron chi connectivity index (χ2n) is 7.45. The van der Waals surface area contributed by atoms with Gasteiger partial charge in [-0.1, -0.05) is 15.9 Å². The molecule has 8 heteroatoms. The maximum Gasteiger partial charge on any atom is 0.267 e. The Morgan fingerprint density at radius 2 is 1.78 bits per heavy atom. The number of anilines is 1. The average molecular weight is 496 g/mol. The maximum atomic E-state index is 12.9. The highest BCUT2D eigenvalue weighted by Crippen LogP contribution is 2.16. The van der Waals surface area contributed by atoms with E-state index >= 15 is 0 Å². The van der Waals surface area contributed by atoms with Crippen molar-refractivity contribution in [3.05, 3.63) is 92.8 Å². The minimum Gasteiger partial charge on any atom is -0.376 e. The van der Waals surface area contributed by atoms with Crippen LogP contribution >= 0.6 is 15.9 Å². The Kier molecular flexibility index (Phi) is 6.82. The molecule has 32 heavy (non-hydrogen) atoms. The summed E-state index contributed by atoms with van der Waals surface area (Å²) in [5.41, 5.74) is 1.38. The summed E-state index contributed by atoms with van der Waals surface area (Å²) < 4.78 is 7.80. The van der Waals surface area contributed by atoms with Crippen molar-refractivity contribution in [3.8, 4) is 5.69 Å². The van der Waals surface area contributed by atoms with E-state index in [1.54, 1.807) is 60.8 Å². The summed E-state index contributed by atoms with van der Waals surface area (Å²) in [6.45, 7) is 1.10. The van der Waals surface area contributed by atoms with Gasteiger partial charge in [0.2, 0.25) is 0 Å². The molecule has 164 valence electrons. The van der Waals surface area contributed by atoms with Gasteiger partial charge in [0.05, 0.1) is 6.10 Å². The maximum absolute atomic E-state index is 12.9. The lowest BCUT2D eigenvalue weighted by Gasteiger charge is -2.12. The minimum atomic E-state index is -0.418. The predicted molar refractivity (Wildman–Crippen MR) is 125 cm³/mol. The topological polar surface area (TPSA) is 89.4 Å². The second kappa shape index (κ2) is 9.93. The summed E-state index contributed by atoms with van der Waals surface area (Å²) in [7, 11) is 0. The third-order valence-electron chi connectivity index (χ3n) is 5.22. The summed E-state index contributed by atoms with van der Waals surface area (Å²) in [4.78, 5) is 37.8. The van der Waals surface area contributed by atoms with Gasteiger partial charge in [0, 0.05) is 40.8 Å². The van der Waals surface area contributed by atoms with Crippen LogP contribution in [0.15, 0.2) is 76.1 Å². The van der Waals surface area contributed by atoms with Crippen LogP contribution in [0.1, 0.15) is 33.6 Å². The van der Waals surface area contributed by atoms with Crippen molar-refractivity contribution in [2.75, 3.05) is 18.5 Å². The van der Waals surface area contributed by atoms with Crippen LogP contribution in [0.4, 0.5) is 5.69 Å². The van der Waals surface area contributed by atoms with Crippen LogP contribution in [0.2, 0.25) is 0 Å². The molecule has 4 rings (SSSR count). The summed E-state index contributed by atoms with van der Waals surface area (Å²) in [6, 6.07) is 17.1. The highest BCUT2D eigenvalue weighted by atomic mass is 79.9. The van der Waals surface area contributed by atoms with Gasteiger partial charge in [-0.05, 0) is 73.5 Å². The molecule has 7 nitrogen and oxygen atoms in total. The van der Waals surface area contributed by atoms with E-state index in [4.69, 9.17) is 4.74 Å². The predicted octanol–water partition coefficient (Wildman–Crippen LogP) is 3.76. The number of hydrogen-bond acceptors (Lipinski definition) is 4. The Labute approximate surface area is 193 Å². The van der Waals surface area contributed by atoms with E-state index in [1.165, 1.54) is 10.6 Å². The quantitative estimate of drug-likeness (QED) is 0.544. The zero-order valence-electron chi connectivity index (χ0n) is 17.2. The van der Waals surface area contributed by atoms with Gasteiger partial charge in [-0.15, -0.1) is 0 Å². The number of nitrogens with zero attached hydrogens (tertiary/aromatic N) is 1. The fourth-order valence-corrected chi connectivity index (χ4v) is 3.75. The van der Waals surface area contributed by atoms with E-state index < -0.39 is 11.5 Å². The van der Waals surface area contributed by atoms with Crippen LogP contribution in [-0.4, -0.2) is 35.6 Å². The van der Waals surface area contributed by atoms with Crippen molar-refractivity contribution < 1.29 is 14.3 Å². The monoisotopic (exact) mass is 495 g/mol. The number of aromatic nitrogens is 1. The van der Waals surface area contributed by atoms with Crippen molar-refractivity contribution in [1.29, 1.82) is 0 Å². The summed E-state index contributed by atoms with van der Waals surface area (Å²) >= 11 is 3.35. The smallest absolute Gasteiger partial charge is 0.267 e. The highest BCUT2D eigenvalue weighted by molar-refractivity contribution is 9.10. The van der Waals surface area contributed by atoms with Gasteiger partial charge in [-0.3, -0.25) is 19.0 Å². The van der Waals surface area contributed by atoms with Gasteiger partial charge >= 0.3 is 0 Å². The lowest BCUT2D eigenvalue weighted by atomic mass is 10.2. The molecule has 2 N–H and O–H groups in total. The molecule has 0 unspecified atom stereocenters. The molecule has 1 fully saturated rings. The number of carbonyl (C=O) groups excluding carboxylic acids is 2. The Hall–Kier alpha value is -3.23. The molecule has 0 bridgehead atoms. The molecule has 2 amide bonds. The van der Waals surface area contributed by atoms with Gasteiger partial charge in [0.15, 0.2) is 0 Å². The first-order valence-corrected chi connectivity index (χ1v) is 11.1. The minimum absolute atomic E-state index is 0.00468. The molecule has 2 heterocycles. The summed E-state index contributed by atoms with van der Waals surface area (Å²) in [5.74, 6) is -0.648. The standard InChI is InChI=1S/C24H22BrN3O4/c25-17-7-5-16(6-8-17)22(29)27-18-9-11-19(12-10-18)28-13-1-4-21(24(28)31)23(30)26-15-20-3-2-14-32-20/h1,4-13,20H,2-3,14-15H2,(H,26,30)(H,27,29)/t20-/m0/s1. The molecule has 0 aliphatic carbocycles. The molecule has 2 aromatic carbocycles. The largest absolute Gasteiger partial charge is 0.376 e. The first kappa shape index (κ1) is 22.0. The van der Waals surface area contributed by atoms with Crippen LogP contribution in [0.25, 0.3) is 5.69 Å². The van der Waals surface area contributed by atoms with Crippen molar-refractivity contribution in [2.24, 2.45) is 0 Å². The van der Waals surface area contributed by atoms with E-state index in [9.17, 15) is 14.4 Å². The third kappa shape index (κ3) is 5.15. The number of rotatable bonds is 6. The molecule has 1 saturated heterocycles. The molecular weight excluding hydrogens is 474 g/mol. The van der Waals surface area contributed by atoms with Crippen LogP contribution < -0.4 is 16.2 Å². The van der Waals surface area contributed by atoms with Crippen molar-refractivity contribution in [2.45, 2.75) is 18.9 Å². The van der Waals surface area contributed by atoms with Crippen molar-refractivity contribution in [3.63, 3.8) is 0 Å². The van der Waals surface area contributed by atoms with E-state index in [1.807, 2.05) is 0 Å². The Morgan fingerprint density at radius 3 is 2.47 bits per heavy atom. The van der Waals surface area contributed by atoms with Crippen LogP contribution in [0, 0.1) is 0 Å². The summed E-state index contributed by atoms with van der Waals surface area (Å²) in [5, 5.41) is 5.61. The zero-order chi connectivity index (χ0) is 22.5. The van der Waals surface area contributed by atoms with Gasteiger partial charge in [-0.25, -0.2) is 0 Å². The fraction of sp³-hybridized carbons (Fsp3) is 0.208. The number of ether oxygens (including phenoxy) is 1. The molecule has 1 aliphatic heterocycles.